The van der Waals surface area contributed by atoms with E-state index < -0.39 is 6.10 Å². The van der Waals surface area contributed by atoms with Crippen LogP contribution in [0.4, 0.5) is 5.69 Å². The molecule has 21 heavy (non-hydrogen) atoms. The lowest BCUT2D eigenvalue weighted by atomic mass is 10.1. The third-order valence-electron chi connectivity index (χ3n) is 3.39. The lowest BCUT2D eigenvalue weighted by molar-refractivity contribution is -0.126. The molecule has 2 atom stereocenters. The first-order valence-electron chi connectivity index (χ1n) is 6.67. The molecule has 1 heterocycles. The van der Waals surface area contributed by atoms with E-state index in [1.807, 2.05) is 6.92 Å². The molecule has 4 N–H and O–H groups in total. The summed E-state index contributed by atoms with van der Waals surface area (Å²) in [5.74, 6) is 0.201. The van der Waals surface area contributed by atoms with Crippen molar-refractivity contribution in [1.29, 1.82) is 0 Å². The maximum atomic E-state index is 12.1. The number of rotatable bonds is 4. The Hall–Kier alpha value is -2.28. The standard InChI is InChI=1S/C14H19N3O4/c1-8-3-6-11(21-8)14(18)16-10-5-4-9(13(15)17-19)7-12(10)20-2/h4-5,7-8,11,19H,3,6H2,1-2H3,(H2,15,17)(H,16,18). The molecule has 2 unspecified atom stereocenters. The number of nitrogens with zero attached hydrogens (tertiary/aromatic N) is 1. The summed E-state index contributed by atoms with van der Waals surface area (Å²) in [7, 11) is 1.48. The average Bonchev–Trinajstić information content (AvgIpc) is 2.93. The van der Waals surface area contributed by atoms with Gasteiger partial charge >= 0.3 is 0 Å². The summed E-state index contributed by atoms with van der Waals surface area (Å²) in [5.41, 5.74) is 6.53. The van der Waals surface area contributed by atoms with Crippen LogP contribution in [0.3, 0.4) is 0 Å². The van der Waals surface area contributed by atoms with Crippen LogP contribution in [-0.4, -0.2) is 36.3 Å². The van der Waals surface area contributed by atoms with Gasteiger partial charge in [-0.1, -0.05) is 5.16 Å². The number of nitrogens with two attached hydrogens (primary N) is 1. The average molecular weight is 293 g/mol. The fourth-order valence-corrected chi connectivity index (χ4v) is 2.22. The quantitative estimate of drug-likeness (QED) is 0.336. The highest BCUT2D eigenvalue weighted by Crippen LogP contribution is 2.27. The summed E-state index contributed by atoms with van der Waals surface area (Å²) in [5, 5.41) is 14.4. The van der Waals surface area contributed by atoms with E-state index >= 15 is 0 Å². The van der Waals surface area contributed by atoms with Crippen LogP contribution in [0.5, 0.6) is 5.75 Å². The lowest BCUT2D eigenvalue weighted by Gasteiger charge is -2.14. The molecule has 0 spiro atoms. The van der Waals surface area contributed by atoms with Gasteiger partial charge in [0.25, 0.3) is 5.91 Å². The van der Waals surface area contributed by atoms with Crippen LogP contribution in [0, 0.1) is 0 Å². The summed E-state index contributed by atoms with van der Waals surface area (Å²) in [4.78, 5) is 12.1. The molecule has 1 aliphatic heterocycles. The van der Waals surface area contributed by atoms with Crippen LogP contribution in [0.1, 0.15) is 25.3 Å². The van der Waals surface area contributed by atoms with Gasteiger partial charge in [0.05, 0.1) is 18.9 Å². The molecule has 1 saturated heterocycles. The number of nitrogens with one attached hydrogen (secondary N) is 1. The number of benzene rings is 1. The number of hydrogen-bond acceptors (Lipinski definition) is 5. The van der Waals surface area contributed by atoms with Gasteiger partial charge in [-0.05, 0) is 38.0 Å². The number of carbonyl (C=O) groups excluding carboxylic acids is 1. The van der Waals surface area contributed by atoms with Crippen molar-refractivity contribution < 1.29 is 19.5 Å². The molecule has 0 radical (unpaired) electrons. The highest BCUT2D eigenvalue weighted by atomic mass is 16.5. The van der Waals surface area contributed by atoms with Crippen molar-refractivity contribution in [2.75, 3.05) is 12.4 Å². The minimum atomic E-state index is -0.437. The van der Waals surface area contributed by atoms with Gasteiger partial charge in [-0.2, -0.15) is 0 Å². The summed E-state index contributed by atoms with van der Waals surface area (Å²) >= 11 is 0. The first-order chi connectivity index (χ1) is 10.0. The highest BCUT2D eigenvalue weighted by molar-refractivity contribution is 6.00. The van der Waals surface area contributed by atoms with Crippen molar-refractivity contribution in [2.24, 2.45) is 10.9 Å². The first-order valence-corrected chi connectivity index (χ1v) is 6.67. The van der Waals surface area contributed by atoms with E-state index in [1.54, 1.807) is 18.2 Å². The van der Waals surface area contributed by atoms with Crippen molar-refractivity contribution in [3.05, 3.63) is 23.8 Å². The third kappa shape index (κ3) is 3.43. The molecule has 1 aliphatic rings. The Balaban J connectivity index is 2.14. The topological polar surface area (TPSA) is 106 Å². The van der Waals surface area contributed by atoms with Crippen LogP contribution in [0.15, 0.2) is 23.4 Å². The van der Waals surface area contributed by atoms with Gasteiger partial charge in [0, 0.05) is 5.56 Å². The Morgan fingerprint density at radius 2 is 2.29 bits per heavy atom. The zero-order valence-electron chi connectivity index (χ0n) is 12.0. The third-order valence-corrected chi connectivity index (χ3v) is 3.39. The van der Waals surface area contributed by atoms with Crippen molar-refractivity contribution in [3.8, 4) is 5.75 Å². The molecule has 1 aromatic carbocycles. The predicted octanol–water partition coefficient (Wildman–Crippen LogP) is 1.30. The second-order valence-electron chi connectivity index (χ2n) is 4.90. The minimum Gasteiger partial charge on any atom is -0.495 e. The summed E-state index contributed by atoms with van der Waals surface area (Å²) in [6, 6.07) is 4.86. The molecule has 0 bridgehead atoms. The van der Waals surface area contributed by atoms with Crippen molar-refractivity contribution in [3.63, 3.8) is 0 Å². The maximum absolute atomic E-state index is 12.1. The zero-order valence-corrected chi connectivity index (χ0v) is 12.0. The number of amidine groups is 1. The van der Waals surface area contributed by atoms with Crippen molar-refractivity contribution in [2.45, 2.75) is 32.0 Å². The predicted molar refractivity (Wildman–Crippen MR) is 77.7 cm³/mol. The Labute approximate surface area is 122 Å². The SMILES string of the molecule is COc1cc(/C(N)=N/O)ccc1NC(=O)C1CCC(C)O1. The molecule has 1 aromatic rings. The monoisotopic (exact) mass is 293 g/mol. The van der Waals surface area contributed by atoms with E-state index in [4.69, 9.17) is 20.4 Å². The fraction of sp³-hybridized carbons (Fsp3) is 0.429. The first kappa shape index (κ1) is 15.1. The van der Waals surface area contributed by atoms with E-state index in [-0.39, 0.29) is 17.8 Å². The van der Waals surface area contributed by atoms with E-state index in [1.165, 1.54) is 7.11 Å². The van der Waals surface area contributed by atoms with Gasteiger partial charge < -0.3 is 25.7 Å². The number of methoxy groups -OCH3 is 1. The number of amides is 1. The molecule has 1 amide bonds. The van der Waals surface area contributed by atoms with Crippen LogP contribution >= 0.6 is 0 Å². The second-order valence-corrected chi connectivity index (χ2v) is 4.90. The number of anilines is 1. The van der Waals surface area contributed by atoms with E-state index in [0.717, 1.165) is 6.42 Å². The normalized spacial score (nSPS) is 22.1. The smallest absolute Gasteiger partial charge is 0.253 e. The summed E-state index contributed by atoms with van der Waals surface area (Å²) in [6.07, 6.45) is 1.24. The maximum Gasteiger partial charge on any atom is 0.253 e. The van der Waals surface area contributed by atoms with Gasteiger partial charge in [0.1, 0.15) is 11.9 Å². The molecule has 2 rings (SSSR count). The Morgan fingerprint density at radius 3 is 2.86 bits per heavy atom. The van der Waals surface area contributed by atoms with E-state index in [2.05, 4.69) is 10.5 Å². The van der Waals surface area contributed by atoms with E-state index in [9.17, 15) is 4.79 Å². The fourth-order valence-electron chi connectivity index (χ4n) is 2.22. The number of oxime groups is 1. The molecule has 114 valence electrons. The second kappa shape index (κ2) is 6.45. The van der Waals surface area contributed by atoms with Gasteiger partial charge in [-0.15, -0.1) is 0 Å². The molecule has 1 fully saturated rings. The number of hydrogen-bond donors (Lipinski definition) is 3. The molecular weight excluding hydrogens is 274 g/mol. The van der Waals surface area contributed by atoms with Gasteiger partial charge in [-0.3, -0.25) is 4.79 Å². The van der Waals surface area contributed by atoms with Gasteiger partial charge in [0.15, 0.2) is 5.84 Å². The van der Waals surface area contributed by atoms with Crippen LogP contribution in [0.25, 0.3) is 0 Å². The summed E-state index contributed by atoms with van der Waals surface area (Å²) < 4.78 is 10.7. The zero-order chi connectivity index (χ0) is 15.4. The minimum absolute atomic E-state index is 0.0286. The Bertz CT molecular complexity index is 559. The molecular formula is C14H19N3O4. The van der Waals surface area contributed by atoms with Crippen LogP contribution in [-0.2, 0) is 9.53 Å². The van der Waals surface area contributed by atoms with Crippen molar-refractivity contribution in [1.82, 2.24) is 0 Å². The molecule has 7 heteroatoms. The summed E-state index contributed by atoms with van der Waals surface area (Å²) in [6.45, 7) is 1.94. The van der Waals surface area contributed by atoms with Gasteiger partial charge in [0.2, 0.25) is 0 Å². The van der Waals surface area contributed by atoms with Crippen LogP contribution < -0.4 is 15.8 Å². The van der Waals surface area contributed by atoms with Crippen molar-refractivity contribution >= 4 is 17.4 Å². The molecule has 0 saturated carbocycles. The van der Waals surface area contributed by atoms with E-state index in [0.29, 0.717) is 23.4 Å². The Kier molecular flexibility index (Phi) is 4.64. The highest BCUT2D eigenvalue weighted by Gasteiger charge is 2.28. The molecule has 7 nitrogen and oxygen atoms in total. The number of ether oxygens (including phenoxy) is 2. The van der Waals surface area contributed by atoms with Gasteiger partial charge in [-0.25, -0.2) is 0 Å². The lowest BCUT2D eigenvalue weighted by Crippen LogP contribution is -2.28. The molecule has 0 aliphatic carbocycles. The largest absolute Gasteiger partial charge is 0.495 e. The number of carbonyl (C=O) groups is 1. The Morgan fingerprint density at radius 1 is 1.52 bits per heavy atom. The van der Waals surface area contributed by atoms with Crippen LogP contribution in [0.2, 0.25) is 0 Å². The molecule has 0 aromatic heterocycles.